The van der Waals surface area contributed by atoms with Crippen molar-refractivity contribution in [3.63, 3.8) is 0 Å². The van der Waals surface area contributed by atoms with Crippen molar-refractivity contribution in [1.82, 2.24) is 5.43 Å². The molecule has 2 N–H and O–H groups in total. The van der Waals surface area contributed by atoms with Gasteiger partial charge in [0.05, 0.1) is 12.6 Å². The van der Waals surface area contributed by atoms with E-state index in [0.29, 0.717) is 27.5 Å². The molecule has 0 heterocycles. The molecular formula is C25H20N2O4S. The standard InChI is InChI=1S/C25H20N2O4S/c28-24(16-18-8-2-1-3-9-18)27-26-17-20-11-5-6-12-21(20)23-15-14-19-10-4-7-13-22(19)25(23)32(29,30)31/h1-15,17H,16H2,(H,27,28)(H,29,30,31)/b26-17+. The van der Waals surface area contributed by atoms with Gasteiger partial charge in [-0.1, -0.05) is 91.0 Å². The van der Waals surface area contributed by atoms with Gasteiger partial charge in [-0.3, -0.25) is 9.35 Å². The van der Waals surface area contributed by atoms with Crippen LogP contribution in [0.15, 0.2) is 101 Å². The summed E-state index contributed by atoms with van der Waals surface area (Å²) in [6.07, 6.45) is 1.65. The number of rotatable bonds is 6. The Labute approximate surface area is 186 Å². The highest BCUT2D eigenvalue weighted by Gasteiger charge is 2.21. The highest BCUT2D eigenvalue weighted by Crippen LogP contribution is 2.35. The Hall–Kier alpha value is -3.81. The van der Waals surface area contributed by atoms with Crippen molar-refractivity contribution in [2.45, 2.75) is 11.3 Å². The van der Waals surface area contributed by atoms with Crippen LogP contribution in [0.3, 0.4) is 0 Å². The van der Waals surface area contributed by atoms with Gasteiger partial charge in [-0.2, -0.15) is 13.5 Å². The Morgan fingerprint density at radius 3 is 2.31 bits per heavy atom. The SMILES string of the molecule is O=C(Cc1ccccc1)N/N=C/c1ccccc1-c1ccc2ccccc2c1S(=O)(=O)O. The molecule has 0 aliphatic carbocycles. The molecule has 0 saturated carbocycles. The maximum Gasteiger partial charge on any atom is 0.295 e. The zero-order valence-electron chi connectivity index (χ0n) is 17.0. The molecule has 4 aromatic carbocycles. The highest BCUT2D eigenvalue weighted by molar-refractivity contribution is 7.86. The number of hydrogen-bond donors (Lipinski definition) is 2. The van der Waals surface area contributed by atoms with Gasteiger partial charge in [0.15, 0.2) is 0 Å². The van der Waals surface area contributed by atoms with Crippen LogP contribution in [0.25, 0.3) is 21.9 Å². The number of benzene rings is 4. The van der Waals surface area contributed by atoms with Crippen LogP contribution in [0.5, 0.6) is 0 Å². The van der Waals surface area contributed by atoms with Crippen LogP contribution in [0.2, 0.25) is 0 Å². The maximum absolute atomic E-state index is 12.3. The zero-order chi connectivity index (χ0) is 22.6. The lowest BCUT2D eigenvalue weighted by Crippen LogP contribution is -2.19. The molecule has 4 rings (SSSR count). The van der Waals surface area contributed by atoms with Crippen LogP contribution in [0, 0.1) is 0 Å². The van der Waals surface area contributed by atoms with E-state index < -0.39 is 10.1 Å². The van der Waals surface area contributed by atoms with Crippen molar-refractivity contribution in [3.8, 4) is 11.1 Å². The fourth-order valence-corrected chi connectivity index (χ4v) is 4.50. The Bertz CT molecular complexity index is 1410. The van der Waals surface area contributed by atoms with Gasteiger partial charge in [0.25, 0.3) is 10.1 Å². The summed E-state index contributed by atoms with van der Waals surface area (Å²) in [5.41, 5.74) is 4.87. The third kappa shape index (κ3) is 4.74. The third-order valence-corrected chi connectivity index (χ3v) is 5.94. The Balaban J connectivity index is 1.68. The summed E-state index contributed by atoms with van der Waals surface area (Å²) in [5.74, 6) is -0.269. The van der Waals surface area contributed by atoms with Crippen molar-refractivity contribution in [2.24, 2.45) is 5.10 Å². The van der Waals surface area contributed by atoms with Gasteiger partial charge in [-0.25, -0.2) is 5.43 Å². The van der Waals surface area contributed by atoms with Gasteiger partial charge >= 0.3 is 0 Å². The number of nitrogens with one attached hydrogen (secondary N) is 1. The van der Waals surface area contributed by atoms with Crippen LogP contribution < -0.4 is 5.43 Å². The molecular weight excluding hydrogens is 424 g/mol. The van der Waals surface area contributed by atoms with E-state index in [1.54, 1.807) is 60.7 Å². The fraction of sp³-hybridized carbons (Fsp3) is 0.0400. The van der Waals surface area contributed by atoms with E-state index in [-0.39, 0.29) is 17.2 Å². The molecule has 160 valence electrons. The first kappa shape index (κ1) is 21.4. The normalized spacial score (nSPS) is 11.7. The van der Waals surface area contributed by atoms with Crippen LogP contribution in [-0.4, -0.2) is 25.1 Å². The minimum atomic E-state index is -4.51. The Morgan fingerprint density at radius 2 is 1.53 bits per heavy atom. The minimum absolute atomic E-state index is 0.162. The number of amides is 1. The Morgan fingerprint density at radius 1 is 0.844 bits per heavy atom. The molecule has 0 atom stereocenters. The lowest BCUT2D eigenvalue weighted by molar-refractivity contribution is -0.120. The monoisotopic (exact) mass is 444 g/mol. The lowest BCUT2D eigenvalue weighted by Gasteiger charge is -2.13. The average Bonchev–Trinajstić information content (AvgIpc) is 2.78. The predicted molar refractivity (Wildman–Crippen MR) is 125 cm³/mol. The molecule has 0 aliphatic rings. The van der Waals surface area contributed by atoms with Crippen LogP contribution in [0.4, 0.5) is 0 Å². The van der Waals surface area contributed by atoms with Crippen molar-refractivity contribution in [1.29, 1.82) is 0 Å². The summed E-state index contributed by atoms with van der Waals surface area (Å²) < 4.78 is 34.6. The molecule has 0 radical (unpaired) electrons. The van der Waals surface area contributed by atoms with Crippen LogP contribution in [0.1, 0.15) is 11.1 Å². The minimum Gasteiger partial charge on any atom is -0.282 e. The molecule has 1 amide bonds. The Kier molecular flexibility index (Phi) is 6.11. The first-order chi connectivity index (χ1) is 15.4. The van der Waals surface area contributed by atoms with E-state index >= 15 is 0 Å². The van der Waals surface area contributed by atoms with Crippen molar-refractivity contribution in [2.75, 3.05) is 0 Å². The van der Waals surface area contributed by atoms with Gasteiger partial charge in [0.1, 0.15) is 4.90 Å². The van der Waals surface area contributed by atoms with Crippen LogP contribution >= 0.6 is 0 Å². The molecule has 0 bridgehead atoms. The van der Waals surface area contributed by atoms with Gasteiger partial charge in [0.2, 0.25) is 5.91 Å². The molecule has 32 heavy (non-hydrogen) atoms. The summed E-state index contributed by atoms with van der Waals surface area (Å²) in [4.78, 5) is 12.0. The third-order valence-electron chi connectivity index (χ3n) is 4.99. The van der Waals surface area contributed by atoms with E-state index in [1.165, 1.54) is 6.21 Å². The average molecular weight is 445 g/mol. The number of carbonyl (C=O) groups is 1. The second-order valence-corrected chi connectivity index (χ2v) is 8.54. The molecule has 0 unspecified atom stereocenters. The second kappa shape index (κ2) is 9.13. The van der Waals surface area contributed by atoms with Crippen molar-refractivity contribution < 1.29 is 17.8 Å². The largest absolute Gasteiger partial charge is 0.295 e. The smallest absolute Gasteiger partial charge is 0.282 e. The zero-order valence-corrected chi connectivity index (χ0v) is 17.8. The number of fused-ring (bicyclic) bond motifs is 1. The molecule has 0 fully saturated rings. The van der Waals surface area contributed by atoms with Crippen LogP contribution in [-0.2, 0) is 21.3 Å². The van der Waals surface area contributed by atoms with Gasteiger partial charge in [-0.15, -0.1) is 0 Å². The van der Waals surface area contributed by atoms with E-state index in [1.807, 2.05) is 30.3 Å². The molecule has 0 saturated heterocycles. The van der Waals surface area contributed by atoms with Crippen molar-refractivity contribution >= 4 is 33.0 Å². The first-order valence-corrected chi connectivity index (χ1v) is 11.3. The number of hydrazone groups is 1. The van der Waals surface area contributed by atoms with E-state index in [0.717, 1.165) is 5.56 Å². The molecule has 0 spiro atoms. The molecule has 0 aliphatic heterocycles. The van der Waals surface area contributed by atoms with E-state index in [4.69, 9.17) is 0 Å². The molecule has 4 aromatic rings. The van der Waals surface area contributed by atoms with Gasteiger partial charge in [0, 0.05) is 16.5 Å². The summed E-state index contributed by atoms with van der Waals surface area (Å²) in [6.45, 7) is 0. The fourth-order valence-electron chi connectivity index (χ4n) is 3.58. The predicted octanol–water partition coefficient (Wildman–Crippen LogP) is 4.45. The first-order valence-electron chi connectivity index (χ1n) is 9.88. The van der Waals surface area contributed by atoms with Gasteiger partial charge < -0.3 is 0 Å². The van der Waals surface area contributed by atoms with Crippen molar-refractivity contribution in [3.05, 3.63) is 102 Å². The summed E-state index contributed by atoms with van der Waals surface area (Å²) >= 11 is 0. The topological polar surface area (TPSA) is 95.8 Å². The van der Waals surface area contributed by atoms with E-state index in [9.17, 15) is 17.8 Å². The quantitative estimate of drug-likeness (QED) is 0.261. The van der Waals surface area contributed by atoms with Gasteiger partial charge in [-0.05, 0) is 16.5 Å². The molecule has 6 nitrogen and oxygen atoms in total. The van der Waals surface area contributed by atoms with E-state index in [2.05, 4.69) is 10.5 Å². The highest BCUT2D eigenvalue weighted by atomic mass is 32.2. The molecule has 7 heteroatoms. The second-order valence-electron chi connectivity index (χ2n) is 7.18. The lowest BCUT2D eigenvalue weighted by atomic mass is 9.97. The number of nitrogens with zero attached hydrogens (tertiary/aromatic N) is 1. The summed E-state index contributed by atoms with van der Waals surface area (Å²) in [7, 11) is -4.51. The molecule has 0 aromatic heterocycles. The summed E-state index contributed by atoms with van der Waals surface area (Å²) in [6, 6.07) is 26.8. The number of hydrogen-bond acceptors (Lipinski definition) is 4. The number of carbonyl (C=O) groups excluding carboxylic acids is 1. The summed E-state index contributed by atoms with van der Waals surface area (Å²) in [5, 5.41) is 5.17. The maximum atomic E-state index is 12.3.